The van der Waals surface area contributed by atoms with Gasteiger partial charge >= 0.3 is 5.97 Å². The third-order valence-electron chi connectivity index (χ3n) is 8.41. The Balaban J connectivity index is 1.19. The van der Waals surface area contributed by atoms with Crippen molar-refractivity contribution in [1.82, 2.24) is 30.6 Å². The minimum atomic E-state index is -2.44. The van der Waals surface area contributed by atoms with E-state index in [0.29, 0.717) is 23.5 Å². The molecule has 2 amide bonds. The average molecular weight is 680 g/mol. The van der Waals surface area contributed by atoms with E-state index < -0.39 is 67.0 Å². The third kappa shape index (κ3) is 8.60. The quantitative estimate of drug-likeness (QED) is 0.0781. The Labute approximate surface area is 281 Å². The van der Waals surface area contributed by atoms with E-state index in [1.54, 1.807) is 41.2 Å². The van der Waals surface area contributed by atoms with Crippen LogP contribution in [0.3, 0.4) is 0 Å². The van der Waals surface area contributed by atoms with Gasteiger partial charge < -0.3 is 51.3 Å². The number of rotatable bonds is 15. The Morgan fingerprint density at radius 2 is 1.96 bits per heavy atom. The SMILES string of the molecule is CC(=O)N[C@H]1C([C@H](O)[C@H](O)CNC(=O)c2ccccc2)O[C@@](OCCc2cn(CCCc3c[nH]c4ccc(N)cc34)nn2)(C(=O)O)C[C@@H]1O. The summed E-state index contributed by atoms with van der Waals surface area (Å²) < 4.78 is 13.2. The highest BCUT2D eigenvalue weighted by atomic mass is 16.7. The van der Waals surface area contributed by atoms with Gasteiger partial charge in [-0.25, -0.2) is 4.79 Å². The highest BCUT2D eigenvalue weighted by molar-refractivity contribution is 5.94. The van der Waals surface area contributed by atoms with Crippen molar-refractivity contribution in [2.75, 3.05) is 18.9 Å². The van der Waals surface area contributed by atoms with Gasteiger partial charge in [-0.1, -0.05) is 23.4 Å². The lowest BCUT2D eigenvalue weighted by molar-refractivity contribution is -0.310. The van der Waals surface area contributed by atoms with Crippen molar-refractivity contribution in [2.24, 2.45) is 0 Å². The van der Waals surface area contributed by atoms with Crippen LogP contribution in [0.15, 0.2) is 60.9 Å². The average Bonchev–Trinajstić information content (AvgIpc) is 3.70. The molecular weight excluding hydrogens is 638 g/mol. The van der Waals surface area contributed by atoms with Gasteiger partial charge in [0.1, 0.15) is 12.2 Å². The number of ether oxygens (including phenoxy) is 2. The predicted molar refractivity (Wildman–Crippen MR) is 175 cm³/mol. The number of hydrogen-bond donors (Lipinski definition) is 8. The Morgan fingerprint density at radius 3 is 2.69 bits per heavy atom. The maximum absolute atomic E-state index is 12.5. The lowest BCUT2D eigenvalue weighted by Crippen LogP contribution is -2.68. The van der Waals surface area contributed by atoms with Crippen molar-refractivity contribution in [1.29, 1.82) is 0 Å². The first-order valence-corrected chi connectivity index (χ1v) is 15.9. The Hall–Kier alpha value is -4.87. The summed E-state index contributed by atoms with van der Waals surface area (Å²) in [4.78, 5) is 40.2. The highest BCUT2D eigenvalue weighted by Crippen LogP contribution is 2.34. The smallest absolute Gasteiger partial charge is 0.364 e. The minimum absolute atomic E-state index is 0.146. The second kappa shape index (κ2) is 15.6. The summed E-state index contributed by atoms with van der Waals surface area (Å²) in [5.41, 5.74) is 9.62. The first-order chi connectivity index (χ1) is 23.5. The molecule has 1 fully saturated rings. The molecule has 0 bridgehead atoms. The van der Waals surface area contributed by atoms with E-state index in [4.69, 9.17) is 15.2 Å². The number of anilines is 1. The number of nitrogens with two attached hydrogens (primary N) is 1. The molecule has 0 aliphatic carbocycles. The molecule has 5 rings (SSSR count). The minimum Gasteiger partial charge on any atom is -0.477 e. The molecule has 16 heteroatoms. The number of aromatic amines is 1. The van der Waals surface area contributed by atoms with Crippen LogP contribution in [0.5, 0.6) is 0 Å². The summed E-state index contributed by atoms with van der Waals surface area (Å²) >= 11 is 0. The summed E-state index contributed by atoms with van der Waals surface area (Å²) in [7, 11) is 0. The van der Waals surface area contributed by atoms with Gasteiger partial charge in [-0.05, 0) is 48.7 Å². The number of nitrogens with zero attached hydrogens (tertiary/aromatic N) is 3. The van der Waals surface area contributed by atoms with Crippen molar-refractivity contribution in [2.45, 2.75) is 75.4 Å². The molecule has 262 valence electrons. The fourth-order valence-corrected chi connectivity index (χ4v) is 5.90. The van der Waals surface area contributed by atoms with Gasteiger partial charge in [0, 0.05) is 67.4 Å². The first-order valence-electron chi connectivity index (χ1n) is 15.9. The van der Waals surface area contributed by atoms with E-state index in [1.807, 2.05) is 24.4 Å². The van der Waals surface area contributed by atoms with Crippen LogP contribution < -0.4 is 16.4 Å². The van der Waals surface area contributed by atoms with E-state index >= 15 is 0 Å². The van der Waals surface area contributed by atoms with Gasteiger partial charge in [-0.2, -0.15) is 0 Å². The molecule has 2 aromatic carbocycles. The van der Waals surface area contributed by atoms with Crippen LogP contribution in [0.4, 0.5) is 5.69 Å². The number of aliphatic hydroxyl groups excluding tert-OH is 3. The van der Waals surface area contributed by atoms with E-state index in [0.717, 1.165) is 29.3 Å². The topological polar surface area (TPSA) is 247 Å². The molecule has 1 saturated heterocycles. The molecule has 2 aromatic heterocycles. The summed E-state index contributed by atoms with van der Waals surface area (Å²) in [6, 6.07) is 12.6. The molecule has 1 aliphatic heterocycles. The third-order valence-corrected chi connectivity index (χ3v) is 8.41. The number of H-pyrrole nitrogens is 1. The fraction of sp³-hybridized carbons (Fsp3) is 0.424. The summed E-state index contributed by atoms with van der Waals surface area (Å²) in [6.45, 7) is 1.10. The lowest BCUT2D eigenvalue weighted by Gasteiger charge is -2.46. The molecule has 16 nitrogen and oxygen atoms in total. The first kappa shape index (κ1) is 35.4. The lowest BCUT2D eigenvalue weighted by atomic mass is 9.88. The number of benzene rings is 2. The zero-order valence-electron chi connectivity index (χ0n) is 26.9. The Bertz CT molecular complexity index is 1750. The fourth-order valence-electron chi connectivity index (χ4n) is 5.90. The molecule has 9 N–H and O–H groups in total. The van der Waals surface area contributed by atoms with E-state index in [1.165, 1.54) is 6.92 Å². The van der Waals surface area contributed by atoms with Gasteiger partial charge in [0.15, 0.2) is 0 Å². The van der Waals surface area contributed by atoms with Gasteiger partial charge in [0.2, 0.25) is 5.91 Å². The number of carbonyl (C=O) groups is 3. The van der Waals surface area contributed by atoms with Crippen LogP contribution in [-0.4, -0.2) is 108 Å². The maximum Gasteiger partial charge on any atom is 0.364 e. The van der Waals surface area contributed by atoms with Gasteiger partial charge in [0.05, 0.1) is 30.6 Å². The number of aryl methyl sites for hydroxylation is 2. The number of carbonyl (C=O) groups excluding carboxylic acids is 2. The zero-order chi connectivity index (χ0) is 35.1. The van der Waals surface area contributed by atoms with Gasteiger partial charge in [0.25, 0.3) is 11.7 Å². The number of aliphatic hydroxyl groups is 3. The monoisotopic (exact) mass is 679 g/mol. The second-order valence-electron chi connectivity index (χ2n) is 12.1. The van der Waals surface area contributed by atoms with Crippen LogP contribution >= 0.6 is 0 Å². The molecule has 6 atom stereocenters. The predicted octanol–water partition coefficient (Wildman–Crippen LogP) is 0.121. The second-order valence-corrected chi connectivity index (χ2v) is 12.1. The van der Waals surface area contributed by atoms with Crippen LogP contribution in [-0.2, 0) is 38.4 Å². The largest absolute Gasteiger partial charge is 0.477 e. The highest BCUT2D eigenvalue weighted by Gasteiger charge is 2.55. The molecule has 1 unspecified atom stereocenters. The van der Waals surface area contributed by atoms with Crippen molar-refractivity contribution in [3.8, 4) is 0 Å². The van der Waals surface area contributed by atoms with Crippen molar-refractivity contribution in [3.63, 3.8) is 0 Å². The number of aromatic nitrogens is 4. The van der Waals surface area contributed by atoms with Crippen molar-refractivity contribution >= 4 is 34.4 Å². The van der Waals surface area contributed by atoms with E-state index in [9.17, 15) is 34.8 Å². The normalized spacial score (nSPS) is 22.0. The Kier molecular flexibility index (Phi) is 11.3. The zero-order valence-corrected chi connectivity index (χ0v) is 26.9. The molecule has 0 radical (unpaired) electrons. The molecule has 49 heavy (non-hydrogen) atoms. The van der Waals surface area contributed by atoms with Gasteiger partial charge in [-0.3, -0.25) is 14.3 Å². The van der Waals surface area contributed by atoms with E-state index in [-0.39, 0.29) is 13.0 Å². The number of carboxylic acid groups (broad SMARTS) is 1. The molecule has 0 spiro atoms. The van der Waals surface area contributed by atoms with Crippen LogP contribution in [0.2, 0.25) is 0 Å². The van der Waals surface area contributed by atoms with Crippen molar-refractivity contribution in [3.05, 3.63) is 77.7 Å². The van der Waals surface area contributed by atoms with E-state index in [2.05, 4.69) is 25.9 Å². The maximum atomic E-state index is 12.5. The van der Waals surface area contributed by atoms with Crippen molar-refractivity contribution < 1.29 is 44.3 Å². The molecule has 3 heterocycles. The number of amides is 2. The summed E-state index contributed by atoms with van der Waals surface area (Å²) in [5, 5.41) is 57.3. The summed E-state index contributed by atoms with van der Waals surface area (Å²) in [5.74, 6) is -5.13. The number of carboxylic acids is 1. The molecule has 1 aliphatic rings. The standard InChI is InChI=1S/C33H41N7O9/c1-19(41)37-28-26(42)15-33(32(46)47,49-30(28)29(44)27(43)17-36-31(45)20-6-3-2-4-7-20)48-13-11-23-18-40(39-38-23)12-5-8-21-16-35-25-10-9-22(34)14-24(21)25/h2-4,6-7,9-10,14,16,18,26-30,35,42-44H,5,8,11-13,15,17,34H2,1H3,(H,36,45)(H,37,41)(H,46,47)/t26-,27+,28+,29+,30?,33+/m0/s1. The number of aliphatic carboxylic acids is 1. The number of hydrogen-bond acceptors (Lipinski definition) is 11. The van der Waals surface area contributed by atoms with Gasteiger partial charge in [-0.15, -0.1) is 5.10 Å². The van der Waals surface area contributed by atoms with Crippen LogP contribution in [0, 0.1) is 0 Å². The molecular formula is C33H41N7O9. The van der Waals surface area contributed by atoms with Crippen LogP contribution in [0.1, 0.15) is 41.4 Å². The number of fused-ring (bicyclic) bond motifs is 1. The Morgan fingerprint density at radius 1 is 1.18 bits per heavy atom. The molecule has 4 aromatic rings. The molecule has 0 saturated carbocycles. The van der Waals surface area contributed by atoms with Crippen LogP contribution in [0.25, 0.3) is 10.9 Å². The number of nitrogen functional groups attached to an aromatic ring is 1. The number of nitrogens with one attached hydrogen (secondary N) is 3. The summed E-state index contributed by atoms with van der Waals surface area (Å²) in [6.07, 6.45) is -1.92.